The second kappa shape index (κ2) is 7.52. The van der Waals surface area contributed by atoms with Crippen molar-refractivity contribution >= 4 is 28.9 Å². The zero-order valence-corrected chi connectivity index (χ0v) is 13.8. The third-order valence-electron chi connectivity index (χ3n) is 1.88. The van der Waals surface area contributed by atoms with Gasteiger partial charge in [0.1, 0.15) is 5.60 Å². The number of amides is 2. The largest absolute Gasteiger partial charge is 0.444 e. The molecular weight excluding hydrogens is 280 g/mol. The Hall–Kier alpha value is -1.24. The van der Waals surface area contributed by atoms with Gasteiger partial charge in [-0.1, -0.05) is 11.8 Å². The van der Waals surface area contributed by atoms with E-state index in [1.807, 2.05) is 13.8 Å². The Bertz CT molecular complexity index is 375. The number of carbonyl (C=O) groups excluding carboxylic acids is 3. The lowest BCUT2D eigenvalue weighted by Crippen LogP contribution is -2.45. The van der Waals surface area contributed by atoms with Crippen LogP contribution in [-0.2, 0) is 14.3 Å². The highest BCUT2D eigenvalue weighted by Gasteiger charge is 2.21. The Morgan fingerprint density at radius 1 is 1.10 bits per heavy atom. The summed E-state index contributed by atoms with van der Waals surface area (Å²) in [6, 6.07) is 0. The lowest BCUT2D eigenvalue weighted by Gasteiger charge is -2.24. The lowest BCUT2D eigenvalue weighted by atomic mass is 10.1. The SMILES string of the molecule is CC(=O)NC(C)(C)CSC(=O)CNC(=O)OC(C)(C)C. The predicted octanol–water partition coefficient (Wildman–Crippen LogP) is 1.69. The first-order chi connectivity index (χ1) is 8.91. The molecule has 0 saturated heterocycles. The molecular formula is C13H24N2O4S. The molecule has 0 aromatic heterocycles. The second-order valence-corrected chi connectivity index (χ2v) is 7.11. The molecule has 0 atom stereocenters. The van der Waals surface area contributed by atoms with Gasteiger partial charge in [0.05, 0.1) is 6.54 Å². The van der Waals surface area contributed by atoms with Crippen LogP contribution in [0.25, 0.3) is 0 Å². The molecule has 20 heavy (non-hydrogen) atoms. The minimum absolute atomic E-state index is 0.101. The molecule has 0 aliphatic heterocycles. The zero-order valence-electron chi connectivity index (χ0n) is 13.0. The molecule has 2 N–H and O–H groups in total. The monoisotopic (exact) mass is 304 g/mol. The fourth-order valence-corrected chi connectivity index (χ4v) is 2.05. The van der Waals surface area contributed by atoms with Crippen LogP contribution in [-0.4, -0.2) is 40.6 Å². The average Bonchev–Trinajstić information content (AvgIpc) is 2.19. The van der Waals surface area contributed by atoms with E-state index in [1.54, 1.807) is 20.8 Å². The molecule has 0 aromatic rings. The maximum atomic E-state index is 11.6. The van der Waals surface area contributed by atoms with Crippen molar-refractivity contribution in [2.75, 3.05) is 12.3 Å². The van der Waals surface area contributed by atoms with Gasteiger partial charge in [-0.05, 0) is 34.6 Å². The van der Waals surface area contributed by atoms with Crippen molar-refractivity contribution in [3.05, 3.63) is 0 Å². The molecule has 7 heteroatoms. The fraction of sp³-hybridized carbons (Fsp3) is 0.769. The lowest BCUT2D eigenvalue weighted by molar-refractivity contribution is -0.120. The van der Waals surface area contributed by atoms with Crippen LogP contribution in [0.5, 0.6) is 0 Å². The average molecular weight is 304 g/mol. The van der Waals surface area contributed by atoms with E-state index in [-0.39, 0.29) is 17.6 Å². The number of thioether (sulfide) groups is 1. The number of alkyl carbamates (subject to hydrolysis) is 1. The van der Waals surface area contributed by atoms with Crippen molar-refractivity contribution in [1.82, 2.24) is 10.6 Å². The van der Waals surface area contributed by atoms with E-state index in [2.05, 4.69) is 10.6 Å². The van der Waals surface area contributed by atoms with Crippen molar-refractivity contribution in [1.29, 1.82) is 0 Å². The number of carbonyl (C=O) groups is 3. The number of rotatable bonds is 5. The summed E-state index contributed by atoms with van der Waals surface area (Å²) in [5.74, 6) is 0.288. The van der Waals surface area contributed by atoms with Crippen molar-refractivity contribution in [3.63, 3.8) is 0 Å². The number of ether oxygens (including phenoxy) is 1. The maximum absolute atomic E-state index is 11.6. The molecule has 0 heterocycles. The third kappa shape index (κ3) is 10.7. The van der Waals surface area contributed by atoms with Gasteiger partial charge in [-0.15, -0.1) is 0 Å². The Labute approximate surface area is 124 Å². The summed E-state index contributed by atoms with van der Waals surface area (Å²) >= 11 is 1.06. The summed E-state index contributed by atoms with van der Waals surface area (Å²) in [6.45, 7) is 10.2. The molecule has 0 unspecified atom stereocenters. The first kappa shape index (κ1) is 18.8. The minimum atomic E-state index is -0.618. The second-order valence-electron chi connectivity index (χ2n) is 6.08. The standard InChI is InChI=1S/C13H24N2O4S/c1-9(16)15-13(5,6)8-20-10(17)7-14-11(18)19-12(2,3)4/h7-8H2,1-6H3,(H,14,18)(H,15,16). The van der Waals surface area contributed by atoms with Gasteiger partial charge in [-0.2, -0.15) is 0 Å². The van der Waals surface area contributed by atoms with E-state index in [0.717, 1.165) is 11.8 Å². The van der Waals surface area contributed by atoms with Crippen molar-refractivity contribution in [3.8, 4) is 0 Å². The van der Waals surface area contributed by atoms with Gasteiger partial charge in [0.15, 0.2) is 0 Å². The molecule has 0 fully saturated rings. The highest BCUT2D eigenvalue weighted by atomic mass is 32.2. The molecule has 0 aliphatic rings. The van der Waals surface area contributed by atoms with Crippen LogP contribution in [0.4, 0.5) is 4.79 Å². The summed E-state index contributed by atoms with van der Waals surface area (Å²) in [7, 11) is 0. The first-order valence-electron chi connectivity index (χ1n) is 6.32. The van der Waals surface area contributed by atoms with Crippen LogP contribution in [0.15, 0.2) is 0 Å². The first-order valence-corrected chi connectivity index (χ1v) is 7.31. The topological polar surface area (TPSA) is 84.5 Å². The molecule has 0 radical (unpaired) electrons. The van der Waals surface area contributed by atoms with Crippen LogP contribution in [0.1, 0.15) is 41.5 Å². The highest BCUT2D eigenvalue weighted by Crippen LogP contribution is 2.13. The summed E-state index contributed by atoms with van der Waals surface area (Å²) in [5.41, 5.74) is -1.06. The van der Waals surface area contributed by atoms with Gasteiger partial charge in [0, 0.05) is 18.2 Å². The van der Waals surface area contributed by atoms with Gasteiger partial charge in [-0.25, -0.2) is 4.79 Å². The Morgan fingerprint density at radius 2 is 1.65 bits per heavy atom. The number of hydrogen-bond acceptors (Lipinski definition) is 5. The van der Waals surface area contributed by atoms with Gasteiger partial charge < -0.3 is 15.4 Å². The fourth-order valence-electron chi connectivity index (χ4n) is 1.28. The summed E-state index contributed by atoms with van der Waals surface area (Å²) in [6.07, 6.45) is -0.618. The molecule has 0 saturated carbocycles. The van der Waals surface area contributed by atoms with E-state index in [1.165, 1.54) is 6.92 Å². The van der Waals surface area contributed by atoms with Crippen molar-refractivity contribution in [2.45, 2.75) is 52.7 Å². The van der Waals surface area contributed by atoms with Crippen molar-refractivity contribution in [2.24, 2.45) is 0 Å². The van der Waals surface area contributed by atoms with Gasteiger partial charge in [0.25, 0.3) is 0 Å². The smallest absolute Gasteiger partial charge is 0.408 e. The molecule has 0 rings (SSSR count). The molecule has 0 spiro atoms. The Kier molecular flexibility index (Phi) is 7.05. The highest BCUT2D eigenvalue weighted by molar-refractivity contribution is 8.13. The van der Waals surface area contributed by atoms with Gasteiger partial charge >= 0.3 is 6.09 Å². The van der Waals surface area contributed by atoms with Gasteiger partial charge in [-0.3, -0.25) is 9.59 Å². The van der Waals surface area contributed by atoms with Crippen LogP contribution >= 0.6 is 11.8 Å². The normalized spacial score (nSPS) is 11.7. The van der Waals surface area contributed by atoms with E-state index in [4.69, 9.17) is 4.74 Å². The molecule has 0 aromatic carbocycles. The summed E-state index contributed by atoms with van der Waals surface area (Å²) in [4.78, 5) is 34.0. The van der Waals surface area contributed by atoms with E-state index >= 15 is 0 Å². The molecule has 116 valence electrons. The van der Waals surface area contributed by atoms with Crippen molar-refractivity contribution < 1.29 is 19.1 Å². The maximum Gasteiger partial charge on any atom is 0.408 e. The molecule has 0 aliphatic carbocycles. The Balaban J connectivity index is 4.01. The summed E-state index contributed by atoms with van der Waals surface area (Å²) in [5, 5.41) is 4.96. The third-order valence-corrected chi connectivity index (χ3v) is 3.22. The number of nitrogens with one attached hydrogen (secondary N) is 2. The molecule has 6 nitrogen and oxygen atoms in total. The van der Waals surface area contributed by atoms with Crippen LogP contribution in [0.3, 0.4) is 0 Å². The van der Waals surface area contributed by atoms with Gasteiger partial charge in [0.2, 0.25) is 11.0 Å². The quantitative estimate of drug-likeness (QED) is 0.807. The summed E-state index contributed by atoms with van der Waals surface area (Å²) < 4.78 is 5.02. The van der Waals surface area contributed by atoms with Crippen LogP contribution in [0, 0.1) is 0 Å². The predicted molar refractivity (Wildman–Crippen MR) is 79.6 cm³/mol. The van der Waals surface area contributed by atoms with E-state index in [0.29, 0.717) is 5.75 Å². The van der Waals surface area contributed by atoms with E-state index < -0.39 is 17.2 Å². The molecule has 0 bridgehead atoms. The zero-order chi connectivity index (χ0) is 16.0. The molecule has 2 amide bonds. The Morgan fingerprint density at radius 3 is 2.10 bits per heavy atom. The van der Waals surface area contributed by atoms with Crippen LogP contribution < -0.4 is 10.6 Å². The van der Waals surface area contributed by atoms with Crippen LogP contribution in [0.2, 0.25) is 0 Å². The number of hydrogen-bond donors (Lipinski definition) is 2. The van der Waals surface area contributed by atoms with E-state index in [9.17, 15) is 14.4 Å². The minimum Gasteiger partial charge on any atom is -0.444 e.